The van der Waals surface area contributed by atoms with Gasteiger partial charge in [-0.05, 0) is 6.07 Å². The van der Waals surface area contributed by atoms with Crippen molar-refractivity contribution in [3.05, 3.63) is 18.0 Å². The highest BCUT2D eigenvalue weighted by molar-refractivity contribution is 5.85. The summed E-state index contributed by atoms with van der Waals surface area (Å²) in [4.78, 5) is 17.6. The number of carboxylic acids is 1. The summed E-state index contributed by atoms with van der Waals surface area (Å²) in [5, 5.41) is 10.9. The van der Waals surface area contributed by atoms with Crippen LogP contribution >= 0.6 is 0 Å². The maximum Gasteiger partial charge on any atom is 0.390 e. The first-order valence-electron chi connectivity index (χ1n) is 4.25. The number of carboxylic acid groups (broad SMARTS) is 1. The van der Waals surface area contributed by atoms with Crippen LogP contribution in [0, 0.1) is 0 Å². The zero-order valence-corrected chi connectivity index (χ0v) is 7.95. The predicted molar refractivity (Wildman–Crippen MR) is 48.2 cm³/mol. The van der Waals surface area contributed by atoms with Crippen LogP contribution in [0.15, 0.2) is 12.3 Å². The second-order valence-electron chi connectivity index (χ2n) is 2.86. The van der Waals surface area contributed by atoms with Gasteiger partial charge in [0.05, 0.1) is 6.42 Å². The van der Waals surface area contributed by atoms with Crippen molar-refractivity contribution in [2.24, 2.45) is 0 Å². The van der Waals surface area contributed by atoms with Crippen molar-refractivity contribution >= 4 is 11.9 Å². The van der Waals surface area contributed by atoms with Gasteiger partial charge in [0, 0.05) is 12.7 Å². The summed E-state index contributed by atoms with van der Waals surface area (Å²) in [6.45, 7) is -0.396. The Morgan fingerprint density at radius 1 is 1.50 bits per heavy atom. The van der Waals surface area contributed by atoms with Crippen molar-refractivity contribution in [2.45, 2.75) is 12.6 Å². The third kappa shape index (κ3) is 4.11. The van der Waals surface area contributed by atoms with Gasteiger partial charge in [0.2, 0.25) is 5.95 Å². The fourth-order valence-corrected chi connectivity index (χ4v) is 0.879. The van der Waals surface area contributed by atoms with Crippen molar-refractivity contribution in [3.63, 3.8) is 0 Å². The molecule has 16 heavy (non-hydrogen) atoms. The lowest BCUT2D eigenvalue weighted by molar-refractivity contribution is -0.131. The van der Waals surface area contributed by atoms with E-state index in [4.69, 9.17) is 5.11 Å². The minimum atomic E-state index is -4.27. The Labute approximate surface area is 88.3 Å². The number of nitrogens with one attached hydrogen (secondary N) is 1. The van der Waals surface area contributed by atoms with Gasteiger partial charge in [0.15, 0.2) is 5.69 Å². The molecular weight excluding hydrogens is 227 g/mol. The summed E-state index contributed by atoms with van der Waals surface area (Å²) in [5.41, 5.74) is -0.274. The second-order valence-corrected chi connectivity index (χ2v) is 2.86. The first-order chi connectivity index (χ1) is 7.38. The number of anilines is 1. The summed E-state index contributed by atoms with van der Waals surface area (Å²) in [7, 11) is 0. The molecule has 0 bridgehead atoms. The fraction of sp³-hybridized carbons (Fsp3) is 0.375. The van der Waals surface area contributed by atoms with Gasteiger partial charge in [0.25, 0.3) is 0 Å². The molecule has 88 valence electrons. The second kappa shape index (κ2) is 4.77. The van der Waals surface area contributed by atoms with Crippen LogP contribution in [0.1, 0.15) is 16.9 Å². The number of alkyl halides is 3. The molecule has 1 rings (SSSR count). The Morgan fingerprint density at radius 3 is 2.75 bits per heavy atom. The average molecular weight is 235 g/mol. The summed E-state index contributed by atoms with van der Waals surface area (Å²) in [6.07, 6.45) is -4.14. The van der Waals surface area contributed by atoms with Crippen LogP contribution in [-0.4, -0.2) is 33.8 Å². The highest BCUT2D eigenvalue weighted by Gasteiger charge is 2.26. The van der Waals surface area contributed by atoms with Gasteiger partial charge in [-0.1, -0.05) is 0 Å². The summed E-state index contributed by atoms with van der Waals surface area (Å²) in [5.74, 6) is -1.40. The molecule has 0 radical (unpaired) electrons. The predicted octanol–water partition coefficient (Wildman–Crippen LogP) is 1.54. The first kappa shape index (κ1) is 12.2. The molecule has 0 aromatic carbocycles. The molecule has 0 saturated heterocycles. The van der Waals surface area contributed by atoms with E-state index in [9.17, 15) is 18.0 Å². The van der Waals surface area contributed by atoms with Crippen LogP contribution in [0.3, 0.4) is 0 Å². The number of hydrogen-bond acceptors (Lipinski definition) is 4. The largest absolute Gasteiger partial charge is 0.477 e. The molecule has 0 amide bonds. The van der Waals surface area contributed by atoms with Gasteiger partial charge in [-0.15, -0.1) is 0 Å². The van der Waals surface area contributed by atoms with Gasteiger partial charge < -0.3 is 10.4 Å². The van der Waals surface area contributed by atoms with Crippen LogP contribution < -0.4 is 5.32 Å². The van der Waals surface area contributed by atoms with Crippen LogP contribution in [0.5, 0.6) is 0 Å². The quantitative estimate of drug-likeness (QED) is 0.827. The lowest BCUT2D eigenvalue weighted by atomic mass is 10.4. The van der Waals surface area contributed by atoms with Gasteiger partial charge in [-0.3, -0.25) is 0 Å². The van der Waals surface area contributed by atoms with Crippen molar-refractivity contribution in [1.82, 2.24) is 9.97 Å². The van der Waals surface area contributed by atoms with Gasteiger partial charge in [-0.25, -0.2) is 14.8 Å². The third-order valence-corrected chi connectivity index (χ3v) is 1.57. The topological polar surface area (TPSA) is 75.1 Å². The Morgan fingerprint density at radius 2 is 2.19 bits per heavy atom. The van der Waals surface area contributed by atoms with Crippen LogP contribution in [0.25, 0.3) is 0 Å². The van der Waals surface area contributed by atoms with E-state index in [2.05, 4.69) is 15.3 Å². The minimum absolute atomic E-state index is 0.135. The Kier molecular flexibility index (Phi) is 3.64. The van der Waals surface area contributed by atoms with E-state index < -0.39 is 25.1 Å². The van der Waals surface area contributed by atoms with E-state index in [-0.39, 0.29) is 11.6 Å². The number of aromatic nitrogens is 2. The maximum absolute atomic E-state index is 11.8. The zero-order valence-electron chi connectivity index (χ0n) is 7.95. The van der Waals surface area contributed by atoms with E-state index in [1.54, 1.807) is 0 Å². The third-order valence-electron chi connectivity index (χ3n) is 1.57. The molecule has 8 heteroatoms. The number of carbonyl (C=O) groups is 1. The molecule has 1 heterocycles. The number of aromatic carboxylic acids is 1. The molecule has 5 nitrogen and oxygen atoms in total. The fourth-order valence-electron chi connectivity index (χ4n) is 0.879. The molecule has 0 aliphatic rings. The first-order valence-corrected chi connectivity index (χ1v) is 4.25. The van der Waals surface area contributed by atoms with Gasteiger partial charge >= 0.3 is 12.1 Å². The minimum Gasteiger partial charge on any atom is -0.477 e. The monoisotopic (exact) mass is 235 g/mol. The Balaban J connectivity index is 2.55. The maximum atomic E-state index is 11.8. The highest BCUT2D eigenvalue weighted by atomic mass is 19.4. The molecule has 2 N–H and O–H groups in total. The Hall–Kier alpha value is -1.86. The molecule has 1 aromatic rings. The van der Waals surface area contributed by atoms with Crippen molar-refractivity contribution in [1.29, 1.82) is 0 Å². The van der Waals surface area contributed by atoms with Gasteiger partial charge in [-0.2, -0.15) is 13.2 Å². The molecule has 0 saturated carbocycles. The van der Waals surface area contributed by atoms with E-state index in [1.165, 1.54) is 0 Å². The average Bonchev–Trinajstić information content (AvgIpc) is 2.16. The summed E-state index contributed by atoms with van der Waals surface area (Å²) < 4.78 is 35.4. The smallest absolute Gasteiger partial charge is 0.390 e. The number of hydrogen-bond donors (Lipinski definition) is 2. The SMILES string of the molecule is O=C(O)c1ccnc(NCCC(F)(F)F)n1. The van der Waals surface area contributed by atoms with Crippen LogP contribution in [0.4, 0.5) is 19.1 Å². The molecule has 0 unspecified atom stereocenters. The van der Waals surface area contributed by atoms with E-state index in [0.29, 0.717) is 0 Å². The standard InChI is InChI=1S/C8H8F3N3O2/c9-8(10,11)2-4-13-7-12-3-1-5(14-7)6(15)16/h1,3H,2,4H2,(H,15,16)(H,12,13,14). The molecule has 1 aromatic heterocycles. The molecule has 0 spiro atoms. The molecular formula is C8H8F3N3O2. The molecule has 0 atom stereocenters. The number of nitrogens with zero attached hydrogens (tertiary/aromatic N) is 2. The number of halogens is 3. The molecule has 0 aliphatic heterocycles. The summed E-state index contributed by atoms with van der Waals surface area (Å²) >= 11 is 0. The molecule has 0 fully saturated rings. The Bertz CT molecular complexity index is 381. The zero-order chi connectivity index (χ0) is 12.2. The summed E-state index contributed by atoms with van der Waals surface area (Å²) in [6, 6.07) is 1.15. The van der Waals surface area contributed by atoms with Crippen LogP contribution in [0.2, 0.25) is 0 Å². The van der Waals surface area contributed by atoms with E-state index in [0.717, 1.165) is 12.3 Å². The van der Waals surface area contributed by atoms with Gasteiger partial charge in [0.1, 0.15) is 0 Å². The lowest BCUT2D eigenvalue weighted by Gasteiger charge is -2.07. The van der Waals surface area contributed by atoms with Crippen LogP contribution in [-0.2, 0) is 0 Å². The van der Waals surface area contributed by atoms with E-state index >= 15 is 0 Å². The van der Waals surface area contributed by atoms with Crippen molar-refractivity contribution in [3.8, 4) is 0 Å². The van der Waals surface area contributed by atoms with Crippen molar-refractivity contribution < 1.29 is 23.1 Å². The molecule has 0 aliphatic carbocycles. The number of rotatable bonds is 4. The lowest BCUT2D eigenvalue weighted by Crippen LogP contribution is -2.16. The van der Waals surface area contributed by atoms with E-state index in [1.807, 2.05) is 0 Å². The normalized spacial score (nSPS) is 11.2. The highest BCUT2D eigenvalue weighted by Crippen LogP contribution is 2.18. The van der Waals surface area contributed by atoms with Crippen molar-refractivity contribution in [2.75, 3.05) is 11.9 Å².